The van der Waals surface area contributed by atoms with Gasteiger partial charge in [-0.3, -0.25) is 4.90 Å². The topological polar surface area (TPSA) is 12.5 Å². The van der Waals surface area contributed by atoms with Crippen LogP contribution in [-0.4, -0.2) is 37.2 Å². The largest absolute Gasteiger partial charge is 0.381 e. The molecule has 13 heavy (non-hydrogen) atoms. The van der Waals surface area contributed by atoms with E-state index in [0.29, 0.717) is 0 Å². The number of fused-ring (bicyclic) bond motifs is 4. The lowest BCUT2D eigenvalue weighted by Crippen LogP contribution is -2.55. The van der Waals surface area contributed by atoms with Crippen LogP contribution in [0, 0.1) is 11.8 Å². The average Bonchev–Trinajstić information content (AvgIpc) is 2.18. The molecule has 0 aromatic heterocycles. The molecular formula is C11H19NO. The summed E-state index contributed by atoms with van der Waals surface area (Å²) in [7, 11) is 0. The standard InChI is InChI=1S/C11H19NO/c1-2-4-12-6-9-5-10(8-13-7-9)11(12)3-1/h9-11H,1-8H2/t9-,10-,11+/m0/s1. The summed E-state index contributed by atoms with van der Waals surface area (Å²) in [5.74, 6) is 1.72. The Morgan fingerprint density at radius 1 is 1.15 bits per heavy atom. The Kier molecular flexibility index (Phi) is 2.06. The summed E-state index contributed by atoms with van der Waals surface area (Å²) < 4.78 is 5.66. The van der Waals surface area contributed by atoms with Crippen molar-refractivity contribution in [2.75, 3.05) is 26.3 Å². The van der Waals surface area contributed by atoms with Crippen LogP contribution in [0.3, 0.4) is 0 Å². The van der Waals surface area contributed by atoms with E-state index in [4.69, 9.17) is 4.74 Å². The normalized spacial score (nSPS) is 45.7. The van der Waals surface area contributed by atoms with Crippen molar-refractivity contribution in [1.82, 2.24) is 4.90 Å². The van der Waals surface area contributed by atoms with E-state index in [0.717, 1.165) is 31.1 Å². The molecule has 2 heteroatoms. The van der Waals surface area contributed by atoms with Crippen molar-refractivity contribution in [2.45, 2.75) is 31.7 Å². The predicted octanol–water partition coefficient (Wildman–Crippen LogP) is 1.51. The van der Waals surface area contributed by atoms with E-state index in [1.54, 1.807) is 0 Å². The van der Waals surface area contributed by atoms with Gasteiger partial charge in [0, 0.05) is 12.6 Å². The third-order valence-corrected chi connectivity index (χ3v) is 4.02. The number of ether oxygens (including phenoxy) is 1. The molecule has 0 aromatic carbocycles. The Labute approximate surface area is 80.2 Å². The lowest BCUT2D eigenvalue weighted by atomic mass is 9.78. The maximum Gasteiger partial charge on any atom is 0.0509 e. The van der Waals surface area contributed by atoms with Gasteiger partial charge in [0.2, 0.25) is 0 Å². The number of hydrogen-bond donors (Lipinski definition) is 0. The summed E-state index contributed by atoms with van der Waals surface area (Å²) in [4.78, 5) is 2.74. The van der Waals surface area contributed by atoms with E-state index in [2.05, 4.69) is 4.90 Å². The molecule has 0 amide bonds. The van der Waals surface area contributed by atoms with Crippen LogP contribution >= 0.6 is 0 Å². The second-order valence-corrected chi connectivity index (χ2v) is 4.96. The number of piperidine rings is 2. The van der Waals surface area contributed by atoms with Gasteiger partial charge in [-0.2, -0.15) is 0 Å². The van der Waals surface area contributed by atoms with Crippen molar-refractivity contribution in [2.24, 2.45) is 11.8 Å². The summed E-state index contributed by atoms with van der Waals surface area (Å²) >= 11 is 0. The highest BCUT2D eigenvalue weighted by Gasteiger charge is 2.39. The zero-order valence-electron chi connectivity index (χ0n) is 8.24. The average molecular weight is 181 g/mol. The minimum atomic E-state index is 0.855. The van der Waals surface area contributed by atoms with Crippen molar-refractivity contribution in [3.8, 4) is 0 Å². The van der Waals surface area contributed by atoms with Crippen LogP contribution in [0.2, 0.25) is 0 Å². The molecule has 2 bridgehead atoms. The smallest absolute Gasteiger partial charge is 0.0509 e. The van der Waals surface area contributed by atoms with Crippen molar-refractivity contribution in [3.63, 3.8) is 0 Å². The Hall–Kier alpha value is -0.0800. The van der Waals surface area contributed by atoms with Crippen LogP contribution in [0.1, 0.15) is 25.7 Å². The number of rotatable bonds is 0. The van der Waals surface area contributed by atoms with Gasteiger partial charge >= 0.3 is 0 Å². The minimum Gasteiger partial charge on any atom is -0.381 e. The van der Waals surface area contributed by atoms with E-state index < -0.39 is 0 Å². The highest BCUT2D eigenvalue weighted by molar-refractivity contribution is 4.92. The maximum absolute atomic E-state index is 5.66. The molecule has 74 valence electrons. The van der Waals surface area contributed by atoms with Gasteiger partial charge < -0.3 is 4.74 Å². The molecular weight excluding hydrogens is 162 g/mol. The van der Waals surface area contributed by atoms with Crippen LogP contribution in [0.25, 0.3) is 0 Å². The van der Waals surface area contributed by atoms with Gasteiger partial charge in [-0.25, -0.2) is 0 Å². The third kappa shape index (κ3) is 1.40. The molecule has 0 unspecified atom stereocenters. The molecule has 3 fully saturated rings. The third-order valence-electron chi connectivity index (χ3n) is 4.02. The van der Waals surface area contributed by atoms with Gasteiger partial charge in [-0.05, 0) is 37.6 Å². The summed E-state index contributed by atoms with van der Waals surface area (Å²) in [6.45, 7) is 4.75. The van der Waals surface area contributed by atoms with Crippen LogP contribution in [-0.2, 0) is 4.74 Å². The van der Waals surface area contributed by atoms with Gasteiger partial charge in [-0.1, -0.05) is 6.42 Å². The first-order valence-electron chi connectivity index (χ1n) is 5.75. The van der Waals surface area contributed by atoms with Gasteiger partial charge in [-0.15, -0.1) is 0 Å². The number of hydrogen-bond acceptors (Lipinski definition) is 2. The first-order valence-corrected chi connectivity index (χ1v) is 5.75. The molecule has 3 rings (SSSR count). The Bertz CT molecular complexity index is 191. The molecule has 0 spiro atoms. The predicted molar refractivity (Wildman–Crippen MR) is 51.6 cm³/mol. The van der Waals surface area contributed by atoms with Crippen LogP contribution in [0.4, 0.5) is 0 Å². The summed E-state index contributed by atoms with van der Waals surface area (Å²) in [6, 6.07) is 0.880. The second-order valence-electron chi connectivity index (χ2n) is 4.96. The molecule has 0 radical (unpaired) electrons. The lowest BCUT2D eigenvalue weighted by molar-refractivity contribution is -0.0816. The second kappa shape index (κ2) is 3.25. The Balaban J connectivity index is 1.77. The summed E-state index contributed by atoms with van der Waals surface area (Å²) in [5.41, 5.74) is 0. The van der Waals surface area contributed by atoms with Gasteiger partial charge in [0.15, 0.2) is 0 Å². The fourth-order valence-electron chi connectivity index (χ4n) is 3.45. The monoisotopic (exact) mass is 181 g/mol. The number of nitrogens with zero attached hydrogens (tertiary/aromatic N) is 1. The summed E-state index contributed by atoms with van der Waals surface area (Å²) in [5, 5.41) is 0. The zero-order chi connectivity index (χ0) is 8.67. The molecule has 0 saturated carbocycles. The minimum absolute atomic E-state index is 0.855. The van der Waals surface area contributed by atoms with E-state index in [-0.39, 0.29) is 0 Å². The quantitative estimate of drug-likeness (QED) is 0.561. The van der Waals surface area contributed by atoms with E-state index in [9.17, 15) is 0 Å². The van der Waals surface area contributed by atoms with Gasteiger partial charge in [0.25, 0.3) is 0 Å². The molecule has 3 atom stereocenters. The SMILES string of the molecule is C1CCN2C[C@H]3COC[C@H](C3)[C@H]2C1. The molecule has 3 aliphatic heterocycles. The van der Waals surface area contributed by atoms with Crippen LogP contribution in [0.5, 0.6) is 0 Å². The maximum atomic E-state index is 5.66. The van der Waals surface area contributed by atoms with Crippen LogP contribution in [0.15, 0.2) is 0 Å². The van der Waals surface area contributed by atoms with Gasteiger partial charge in [0.1, 0.15) is 0 Å². The Morgan fingerprint density at radius 2 is 2.15 bits per heavy atom. The molecule has 0 aliphatic carbocycles. The molecule has 2 nitrogen and oxygen atoms in total. The first kappa shape index (κ1) is 8.25. The van der Waals surface area contributed by atoms with E-state index >= 15 is 0 Å². The van der Waals surface area contributed by atoms with Crippen molar-refractivity contribution < 1.29 is 4.74 Å². The summed E-state index contributed by atoms with van der Waals surface area (Å²) in [6.07, 6.45) is 5.75. The van der Waals surface area contributed by atoms with Crippen molar-refractivity contribution in [1.29, 1.82) is 0 Å². The molecule has 3 aliphatic rings. The zero-order valence-corrected chi connectivity index (χ0v) is 8.24. The van der Waals surface area contributed by atoms with Crippen molar-refractivity contribution >= 4 is 0 Å². The van der Waals surface area contributed by atoms with E-state index in [1.165, 1.54) is 38.8 Å². The highest BCUT2D eigenvalue weighted by Crippen LogP contribution is 2.36. The Morgan fingerprint density at radius 3 is 3.15 bits per heavy atom. The van der Waals surface area contributed by atoms with Crippen LogP contribution < -0.4 is 0 Å². The van der Waals surface area contributed by atoms with E-state index in [1.807, 2.05) is 0 Å². The molecule has 3 heterocycles. The van der Waals surface area contributed by atoms with Gasteiger partial charge in [0.05, 0.1) is 13.2 Å². The fourth-order valence-corrected chi connectivity index (χ4v) is 3.45. The highest BCUT2D eigenvalue weighted by atomic mass is 16.5. The fraction of sp³-hybridized carbons (Fsp3) is 1.00. The molecule has 0 aromatic rings. The molecule has 0 N–H and O–H groups in total. The lowest BCUT2D eigenvalue weighted by Gasteiger charge is -2.49. The molecule has 3 saturated heterocycles. The first-order chi connectivity index (χ1) is 6.43. The van der Waals surface area contributed by atoms with Crippen molar-refractivity contribution in [3.05, 3.63) is 0 Å².